The molecule has 1 amide bonds. The third-order valence-electron chi connectivity index (χ3n) is 3.49. The number of carbonyl (C=O) groups excluding carboxylic acids is 2. The highest BCUT2D eigenvalue weighted by Gasteiger charge is 2.17. The summed E-state index contributed by atoms with van der Waals surface area (Å²) in [7, 11) is 0. The third kappa shape index (κ3) is 5.25. The van der Waals surface area contributed by atoms with Crippen molar-refractivity contribution in [3.8, 4) is 5.75 Å². The van der Waals surface area contributed by atoms with Gasteiger partial charge < -0.3 is 10.1 Å². The van der Waals surface area contributed by atoms with Gasteiger partial charge in [0, 0.05) is 6.42 Å². The van der Waals surface area contributed by atoms with Crippen LogP contribution < -0.4 is 10.1 Å². The van der Waals surface area contributed by atoms with Crippen molar-refractivity contribution in [2.75, 3.05) is 0 Å². The number of benzene rings is 2. The summed E-state index contributed by atoms with van der Waals surface area (Å²) >= 11 is 0. The van der Waals surface area contributed by atoms with E-state index in [-0.39, 0.29) is 12.2 Å². The summed E-state index contributed by atoms with van der Waals surface area (Å²) in [6.45, 7) is 5.46. The van der Waals surface area contributed by atoms with Crippen LogP contribution in [0.25, 0.3) is 0 Å². The Balaban J connectivity index is 2.07. The summed E-state index contributed by atoms with van der Waals surface area (Å²) in [5, 5.41) is 2.77. The summed E-state index contributed by atoms with van der Waals surface area (Å²) in [5.74, 6) is 0.477. The Hall–Kier alpha value is -2.62. The molecule has 23 heavy (non-hydrogen) atoms. The first-order valence-electron chi connectivity index (χ1n) is 7.55. The molecule has 120 valence electrons. The molecule has 0 bridgehead atoms. The van der Waals surface area contributed by atoms with Gasteiger partial charge in [0.15, 0.2) is 0 Å². The number of ketones is 1. The summed E-state index contributed by atoms with van der Waals surface area (Å²) < 4.78 is 5.27. The van der Waals surface area contributed by atoms with Gasteiger partial charge in [-0.05, 0) is 38.5 Å². The van der Waals surface area contributed by atoms with Gasteiger partial charge in [0.25, 0.3) is 0 Å². The van der Waals surface area contributed by atoms with E-state index in [4.69, 9.17) is 4.74 Å². The molecule has 0 saturated carbocycles. The van der Waals surface area contributed by atoms with E-state index in [1.807, 2.05) is 50.2 Å². The van der Waals surface area contributed by atoms with E-state index in [9.17, 15) is 9.59 Å². The van der Waals surface area contributed by atoms with Crippen LogP contribution in [0.3, 0.4) is 0 Å². The van der Waals surface area contributed by atoms with Gasteiger partial charge in [-0.25, -0.2) is 4.79 Å². The predicted octanol–water partition coefficient (Wildman–Crippen LogP) is 4.11. The van der Waals surface area contributed by atoms with Crippen molar-refractivity contribution in [3.63, 3.8) is 0 Å². The monoisotopic (exact) mass is 311 g/mol. The highest BCUT2D eigenvalue weighted by atomic mass is 16.6. The fourth-order valence-corrected chi connectivity index (χ4v) is 2.22. The van der Waals surface area contributed by atoms with Crippen LogP contribution in [0.4, 0.5) is 4.79 Å². The number of amides is 1. The number of nitrogens with one attached hydrogen (secondary N) is 1. The molecule has 1 atom stereocenters. The molecule has 0 unspecified atom stereocenters. The highest BCUT2D eigenvalue weighted by molar-refractivity contribution is 5.78. The fraction of sp³-hybridized carbons (Fsp3) is 0.263. The van der Waals surface area contributed by atoms with Crippen molar-refractivity contribution in [2.45, 2.75) is 33.2 Å². The number of ether oxygens (including phenoxy) is 1. The molecule has 1 N–H and O–H groups in total. The molecule has 0 aliphatic carbocycles. The maximum absolute atomic E-state index is 12.1. The van der Waals surface area contributed by atoms with E-state index in [1.165, 1.54) is 6.92 Å². The van der Waals surface area contributed by atoms with E-state index in [0.29, 0.717) is 5.75 Å². The lowest BCUT2D eigenvalue weighted by Crippen LogP contribution is -2.32. The minimum atomic E-state index is -0.569. The second kappa shape index (κ2) is 7.58. The number of carbonyl (C=O) groups is 2. The average molecular weight is 311 g/mol. The molecule has 0 heterocycles. The number of aryl methyl sites for hydroxylation is 2. The van der Waals surface area contributed by atoms with Crippen LogP contribution in [-0.2, 0) is 4.79 Å². The van der Waals surface area contributed by atoms with E-state index in [2.05, 4.69) is 5.32 Å². The number of hydrogen-bond donors (Lipinski definition) is 1. The Morgan fingerprint density at radius 3 is 2.00 bits per heavy atom. The van der Waals surface area contributed by atoms with Gasteiger partial charge in [-0.1, -0.05) is 47.5 Å². The van der Waals surface area contributed by atoms with E-state index < -0.39 is 12.1 Å². The van der Waals surface area contributed by atoms with Gasteiger partial charge in [0.2, 0.25) is 0 Å². The van der Waals surface area contributed by atoms with Crippen molar-refractivity contribution in [2.24, 2.45) is 0 Å². The first-order chi connectivity index (χ1) is 10.9. The normalized spacial score (nSPS) is 11.6. The van der Waals surface area contributed by atoms with Crippen molar-refractivity contribution in [1.82, 2.24) is 5.32 Å². The lowest BCUT2D eigenvalue weighted by atomic mass is 10.0. The van der Waals surface area contributed by atoms with Crippen LogP contribution in [0.15, 0.2) is 48.5 Å². The van der Waals surface area contributed by atoms with E-state index in [0.717, 1.165) is 16.7 Å². The van der Waals surface area contributed by atoms with Crippen molar-refractivity contribution in [1.29, 1.82) is 0 Å². The Kier molecular flexibility index (Phi) is 5.52. The minimum absolute atomic E-state index is 0.00575. The van der Waals surface area contributed by atoms with E-state index >= 15 is 0 Å². The summed E-state index contributed by atoms with van der Waals surface area (Å²) in [6.07, 6.45) is -0.341. The van der Waals surface area contributed by atoms with Gasteiger partial charge in [-0.15, -0.1) is 0 Å². The standard InChI is InChI=1S/C19H21NO3/c1-13-4-8-16(9-5-13)18(12-15(3)21)20-19(22)23-17-10-6-14(2)7-11-17/h4-11,18H,12H2,1-3H3,(H,20,22)/t18-/m0/s1. The highest BCUT2D eigenvalue weighted by Crippen LogP contribution is 2.19. The third-order valence-corrected chi connectivity index (χ3v) is 3.49. The zero-order valence-electron chi connectivity index (χ0n) is 13.6. The Labute approximate surface area is 136 Å². The maximum atomic E-state index is 12.1. The van der Waals surface area contributed by atoms with Crippen molar-refractivity contribution < 1.29 is 14.3 Å². The quantitative estimate of drug-likeness (QED) is 0.904. The maximum Gasteiger partial charge on any atom is 0.413 e. The molecule has 2 aromatic rings. The summed E-state index contributed by atoms with van der Waals surface area (Å²) in [4.78, 5) is 23.6. The van der Waals surface area contributed by atoms with Crippen LogP contribution in [0.1, 0.15) is 36.1 Å². The van der Waals surface area contributed by atoms with Gasteiger partial charge in [-0.2, -0.15) is 0 Å². The molecule has 4 nitrogen and oxygen atoms in total. The molecule has 0 aliphatic rings. The zero-order chi connectivity index (χ0) is 16.8. The van der Waals surface area contributed by atoms with Crippen LogP contribution >= 0.6 is 0 Å². The second-order valence-corrected chi connectivity index (χ2v) is 5.72. The lowest BCUT2D eigenvalue weighted by molar-refractivity contribution is -0.117. The first kappa shape index (κ1) is 16.7. The van der Waals surface area contributed by atoms with Gasteiger partial charge in [0.05, 0.1) is 6.04 Å². The largest absolute Gasteiger partial charge is 0.413 e. The van der Waals surface area contributed by atoms with Crippen LogP contribution in [0.2, 0.25) is 0 Å². The van der Waals surface area contributed by atoms with Crippen molar-refractivity contribution in [3.05, 3.63) is 65.2 Å². The first-order valence-corrected chi connectivity index (χ1v) is 7.55. The summed E-state index contributed by atoms with van der Waals surface area (Å²) in [5.41, 5.74) is 3.09. The SMILES string of the molecule is CC(=O)C[C@H](NC(=O)Oc1ccc(C)cc1)c1ccc(C)cc1. The molecule has 0 aromatic heterocycles. The van der Waals surface area contributed by atoms with Gasteiger partial charge in [0.1, 0.15) is 11.5 Å². The molecule has 4 heteroatoms. The Morgan fingerprint density at radius 2 is 1.48 bits per heavy atom. The zero-order valence-corrected chi connectivity index (χ0v) is 13.6. The molecule has 0 fully saturated rings. The Morgan fingerprint density at radius 1 is 0.957 bits per heavy atom. The van der Waals surface area contributed by atoms with Gasteiger partial charge >= 0.3 is 6.09 Å². The number of rotatable bonds is 5. The van der Waals surface area contributed by atoms with Gasteiger partial charge in [-0.3, -0.25) is 4.79 Å². The van der Waals surface area contributed by atoms with E-state index in [1.54, 1.807) is 12.1 Å². The van der Waals surface area contributed by atoms with Crippen molar-refractivity contribution >= 4 is 11.9 Å². The smallest absolute Gasteiger partial charge is 0.410 e. The molecule has 0 aliphatic heterocycles. The fourth-order valence-electron chi connectivity index (χ4n) is 2.22. The Bertz CT molecular complexity index is 675. The molecule has 2 rings (SSSR count). The molecular weight excluding hydrogens is 290 g/mol. The summed E-state index contributed by atoms with van der Waals surface area (Å²) in [6, 6.07) is 14.5. The molecular formula is C19H21NO3. The van der Waals surface area contributed by atoms with Crippen LogP contribution in [0, 0.1) is 13.8 Å². The molecule has 2 aromatic carbocycles. The van der Waals surface area contributed by atoms with Crippen LogP contribution in [0.5, 0.6) is 5.75 Å². The number of hydrogen-bond acceptors (Lipinski definition) is 3. The predicted molar refractivity (Wildman–Crippen MR) is 89.6 cm³/mol. The lowest BCUT2D eigenvalue weighted by Gasteiger charge is -2.18. The molecule has 0 spiro atoms. The second-order valence-electron chi connectivity index (χ2n) is 5.72. The molecule has 0 radical (unpaired) electrons. The topological polar surface area (TPSA) is 55.4 Å². The molecule has 0 saturated heterocycles. The number of Topliss-reactive ketones (excluding diaryl/α,β-unsaturated/α-hetero) is 1. The van der Waals surface area contributed by atoms with Crippen LogP contribution in [-0.4, -0.2) is 11.9 Å². The minimum Gasteiger partial charge on any atom is -0.410 e. The average Bonchev–Trinajstić information content (AvgIpc) is 2.49.